The Kier molecular flexibility index (Phi) is 4.11. The standard InChI is InChI=1S/C16H16N2O6/c1-8-14(9(2)24-18-8)15(19)17-11-7-13-12(6-10(11)16(20)21)22-4-3-5-23-13/h6-7H,3-5H2,1-2H3,(H,17,19)(H,20,21)/p-1. The van der Waals surface area contributed by atoms with Gasteiger partial charge >= 0.3 is 0 Å². The van der Waals surface area contributed by atoms with E-state index in [1.165, 1.54) is 12.1 Å². The number of hydrogen-bond donors (Lipinski definition) is 1. The Labute approximate surface area is 137 Å². The fourth-order valence-corrected chi connectivity index (χ4v) is 2.47. The molecule has 126 valence electrons. The molecule has 0 saturated heterocycles. The monoisotopic (exact) mass is 331 g/mol. The SMILES string of the molecule is Cc1noc(C)c1C(=O)Nc1cc2c(cc1C(=O)[O-])OCCCO2. The van der Waals surface area contributed by atoms with Gasteiger partial charge in [-0.1, -0.05) is 5.16 Å². The molecule has 1 aromatic carbocycles. The second kappa shape index (κ2) is 6.23. The second-order valence-electron chi connectivity index (χ2n) is 5.34. The van der Waals surface area contributed by atoms with E-state index < -0.39 is 11.9 Å². The van der Waals surface area contributed by atoms with Gasteiger partial charge in [-0.05, 0) is 19.9 Å². The Morgan fingerprint density at radius 2 is 1.83 bits per heavy atom. The van der Waals surface area contributed by atoms with Gasteiger partial charge in [0.2, 0.25) is 0 Å². The second-order valence-corrected chi connectivity index (χ2v) is 5.34. The summed E-state index contributed by atoms with van der Waals surface area (Å²) in [5, 5.41) is 17.7. The fourth-order valence-electron chi connectivity index (χ4n) is 2.47. The van der Waals surface area contributed by atoms with Gasteiger partial charge in [0.15, 0.2) is 11.5 Å². The van der Waals surface area contributed by atoms with Crippen molar-refractivity contribution in [2.75, 3.05) is 18.5 Å². The van der Waals surface area contributed by atoms with E-state index in [1.54, 1.807) is 13.8 Å². The van der Waals surface area contributed by atoms with Crippen LogP contribution in [-0.4, -0.2) is 30.2 Å². The van der Waals surface area contributed by atoms with E-state index in [2.05, 4.69) is 10.5 Å². The first-order valence-corrected chi connectivity index (χ1v) is 7.36. The number of amides is 1. The van der Waals surface area contributed by atoms with Crippen LogP contribution in [0.3, 0.4) is 0 Å². The molecule has 1 aliphatic heterocycles. The first kappa shape index (κ1) is 15.9. The zero-order valence-corrected chi connectivity index (χ0v) is 13.2. The molecule has 0 fully saturated rings. The van der Waals surface area contributed by atoms with Gasteiger partial charge in [0.05, 0.1) is 30.6 Å². The predicted octanol–water partition coefficient (Wildman–Crippen LogP) is 1.07. The lowest BCUT2D eigenvalue weighted by Crippen LogP contribution is -2.25. The van der Waals surface area contributed by atoms with Crippen molar-refractivity contribution in [2.24, 2.45) is 0 Å². The molecule has 0 atom stereocenters. The van der Waals surface area contributed by atoms with Crippen LogP contribution in [0.2, 0.25) is 0 Å². The molecule has 0 aliphatic carbocycles. The number of aryl methyl sites for hydroxylation is 2. The number of carboxylic acid groups (broad SMARTS) is 1. The predicted molar refractivity (Wildman–Crippen MR) is 80.3 cm³/mol. The lowest BCUT2D eigenvalue weighted by molar-refractivity contribution is -0.254. The molecule has 1 aromatic heterocycles. The number of rotatable bonds is 3. The average Bonchev–Trinajstić information content (AvgIpc) is 2.73. The van der Waals surface area contributed by atoms with Crippen LogP contribution in [0.4, 0.5) is 5.69 Å². The van der Waals surface area contributed by atoms with Crippen molar-refractivity contribution in [3.8, 4) is 11.5 Å². The molecule has 0 bridgehead atoms. The molecule has 8 heteroatoms. The number of carbonyl (C=O) groups excluding carboxylic acids is 2. The van der Waals surface area contributed by atoms with Gasteiger partial charge in [-0.15, -0.1) is 0 Å². The van der Waals surface area contributed by atoms with E-state index >= 15 is 0 Å². The van der Waals surface area contributed by atoms with E-state index in [0.29, 0.717) is 42.6 Å². The third-order valence-corrected chi connectivity index (χ3v) is 3.62. The van der Waals surface area contributed by atoms with Crippen LogP contribution >= 0.6 is 0 Å². The van der Waals surface area contributed by atoms with Crippen LogP contribution in [0.25, 0.3) is 0 Å². The fraction of sp³-hybridized carbons (Fsp3) is 0.312. The maximum Gasteiger partial charge on any atom is 0.261 e. The average molecular weight is 331 g/mol. The van der Waals surface area contributed by atoms with Gasteiger partial charge in [0.25, 0.3) is 5.91 Å². The number of ether oxygens (including phenoxy) is 2. The van der Waals surface area contributed by atoms with Crippen LogP contribution < -0.4 is 19.9 Å². The lowest BCUT2D eigenvalue weighted by Gasteiger charge is -2.16. The highest BCUT2D eigenvalue weighted by molar-refractivity contribution is 6.08. The van der Waals surface area contributed by atoms with Crippen molar-refractivity contribution in [3.63, 3.8) is 0 Å². The summed E-state index contributed by atoms with van der Waals surface area (Å²) in [6, 6.07) is 2.71. The van der Waals surface area contributed by atoms with Gasteiger partial charge in [-0.3, -0.25) is 4.79 Å². The lowest BCUT2D eigenvalue weighted by atomic mass is 10.1. The molecule has 1 amide bonds. The number of nitrogens with zero attached hydrogens (tertiary/aromatic N) is 1. The van der Waals surface area contributed by atoms with E-state index in [1.807, 2.05) is 0 Å². The highest BCUT2D eigenvalue weighted by Gasteiger charge is 2.21. The number of fused-ring (bicyclic) bond motifs is 1. The molecule has 2 heterocycles. The first-order chi connectivity index (χ1) is 11.5. The number of aromatic nitrogens is 1. The third-order valence-electron chi connectivity index (χ3n) is 3.62. The molecular formula is C16H15N2O6-. The van der Waals surface area contributed by atoms with Crippen LogP contribution in [0, 0.1) is 13.8 Å². The Hall–Kier alpha value is -3.03. The van der Waals surface area contributed by atoms with Crippen LogP contribution in [0.5, 0.6) is 11.5 Å². The summed E-state index contributed by atoms with van der Waals surface area (Å²) in [5.41, 5.74) is 0.532. The molecule has 0 radical (unpaired) electrons. The maximum absolute atomic E-state index is 12.4. The molecule has 1 N–H and O–H groups in total. The highest BCUT2D eigenvalue weighted by atomic mass is 16.5. The molecule has 3 rings (SSSR count). The topological polar surface area (TPSA) is 114 Å². The van der Waals surface area contributed by atoms with Gasteiger partial charge in [0.1, 0.15) is 11.3 Å². The van der Waals surface area contributed by atoms with Crippen LogP contribution in [0.1, 0.15) is 38.6 Å². The number of benzene rings is 1. The molecule has 24 heavy (non-hydrogen) atoms. The van der Waals surface area contributed by atoms with E-state index in [0.717, 1.165) is 0 Å². The number of aromatic carboxylic acids is 1. The van der Waals surface area contributed by atoms with Gasteiger partial charge < -0.3 is 29.2 Å². The Morgan fingerprint density at radius 1 is 1.17 bits per heavy atom. The van der Waals surface area contributed by atoms with Crippen molar-refractivity contribution < 1.29 is 28.7 Å². The summed E-state index contributed by atoms with van der Waals surface area (Å²) >= 11 is 0. The summed E-state index contributed by atoms with van der Waals surface area (Å²) in [5.74, 6) is -0.939. The van der Waals surface area contributed by atoms with Crippen molar-refractivity contribution >= 4 is 17.6 Å². The van der Waals surface area contributed by atoms with Crippen molar-refractivity contribution in [1.29, 1.82) is 0 Å². The summed E-state index contributed by atoms with van der Waals surface area (Å²) < 4.78 is 15.9. The number of nitrogens with one attached hydrogen (secondary N) is 1. The minimum atomic E-state index is -1.43. The maximum atomic E-state index is 12.4. The third kappa shape index (κ3) is 2.90. The smallest absolute Gasteiger partial charge is 0.261 e. The number of anilines is 1. The Balaban J connectivity index is 1.99. The summed E-state index contributed by atoms with van der Waals surface area (Å²) in [7, 11) is 0. The molecule has 1 aliphatic rings. The van der Waals surface area contributed by atoms with Crippen molar-refractivity contribution in [3.05, 3.63) is 34.7 Å². The van der Waals surface area contributed by atoms with Gasteiger partial charge in [-0.25, -0.2) is 0 Å². The van der Waals surface area contributed by atoms with Gasteiger partial charge in [-0.2, -0.15) is 0 Å². The van der Waals surface area contributed by atoms with E-state index in [-0.39, 0.29) is 16.8 Å². The quantitative estimate of drug-likeness (QED) is 0.894. The molecule has 0 unspecified atom stereocenters. The molecule has 2 aromatic rings. The molecule has 0 saturated carbocycles. The zero-order valence-electron chi connectivity index (χ0n) is 13.2. The number of carbonyl (C=O) groups is 2. The van der Waals surface area contributed by atoms with Crippen molar-refractivity contribution in [1.82, 2.24) is 5.16 Å². The summed E-state index contributed by atoms with van der Waals surface area (Å²) in [6.07, 6.45) is 0.677. The molecular weight excluding hydrogens is 316 g/mol. The summed E-state index contributed by atoms with van der Waals surface area (Å²) in [6.45, 7) is 4.08. The first-order valence-electron chi connectivity index (χ1n) is 7.36. The Bertz CT molecular complexity index is 792. The summed E-state index contributed by atoms with van der Waals surface area (Å²) in [4.78, 5) is 23.8. The zero-order chi connectivity index (χ0) is 17.3. The van der Waals surface area contributed by atoms with Crippen LogP contribution in [0.15, 0.2) is 16.7 Å². The minimum absolute atomic E-state index is 0.0595. The minimum Gasteiger partial charge on any atom is -0.545 e. The highest BCUT2D eigenvalue weighted by Crippen LogP contribution is 2.35. The number of hydrogen-bond acceptors (Lipinski definition) is 7. The van der Waals surface area contributed by atoms with Crippen LogP contribution in [-0.2, 0) is 0 Å². The number of carboxylic acids is 1. The largest absolute Gasteiger partial charge is 0.545 e. The van der Waals surface area contributed by atoms with Gasteiger partial charge in [0, 0.05) is 18.1 Å². The van der Waals surface area contributed by atoms with Crippen molar-refractivity contribution in [2.45, 2.75) is 20.3 Å². The molecule has 8 nitrogen and oxygen atoms in total. The molecule has 0 spiro atoms. The van der Waals surface area contributed by atoms with E-state index in [4.69, 9.17) is 14.0 Å². The Morgan fingerprint density at radius 3 is 2.42 bits per heavy atom. The normalized spacial score (nSPS) is 13.2. The van der Waals surface area contributed by atoms with E-state index in [9.17, 15) is 14.7 Å².